The highest BCUT2D eigenvalue weighted by atomic mass is 35.5. The number of phenolic OH excluding ortho intramolecular Hbond substituents is 1. The number of phenols is 1. The second-order valence-corrected chi connectivity index (χ2v) is 5.35. The Labute approximate surface area is 139 Å². The fourth-order valence-corrected chi connectivity index (χ4v) is 2.16. The minimum absolute atomic E-state index is 0.0754. The van der Waals surface area contributed by atoms with Crippen molar-refractivity contribution in [3.63, 3.8) is 0 Å². The third kappa shape index (κ3) is 4.17. The molecule has 0 heterocycles. The highest BCUT2D eigenvalue weighted by Gasteiger charge is 2.19. The van der Waals surface area contributed by atoms with E-state index in [0.29, 0.717) is 5.56 Å². The van der Waals surface area contributed by atoms with Crippen LogP contribution >= 0.6 is 11.6 Å². The molecule has 127 valence electrons. The maximum absolute atomic E-state index is 13.4. The standard InChI is InChI=1S/C16H11ClF4NO2/c17-10-5-8(1-3-13(10)23)2-4-14(24)22-7-9-11(18)6-12(19)16(21)15(9)20/h1,3,5-6,23H,2,4,7H2. The van der Waals surface area contributed by atoms with E-state index in [4.69, 9.17) is 11.6 Å². The van der Waals surface area contributed by atoms with Gasteiger partial charge in [0.1, 0.15) is 11.6 Å². The molecule has 0 unspecified atom stereocenters. The van der Waals surface area contributed by atoms with E-state index in [0.717, 1.165) is 0 Å². The number of aromatic hydroxyl groups is 1. The molecule has 0 spiro atoms. The van der Waals surface area contributed by atoms with E-state index < -0.39 is 41.3 Å². The lowest BCUT2D eigenvalue weighted by atomic mass is 10.1. The Morgan fingerprint density at radius 1 is 1.08 bits per heavy atom. The van der Waals surface area contributed by atoms with Crippen LogP contribution in [0.2, 0.25) is 5.02 Å². The largest absolute Gasteiger partial charge is 0.506 e. The van der Waals surface area contributed by atoms with E-state index in [1.807, 2.05) is 0 Å². The van der Waals surface area contributed by atoms with Gasteiger partial charge in [-0.1, -0.05) is 17.7 Å². The first-order valence-electron chi connectivity index (χ1n) is 6.79. The molecule has 0 saturated carbocycles. The molecule has 2 aromatic rings. The van der Waals surface area contributed by atoms with Crippen molar-refractivity contribution in [1.29, 1.82) is 0 Å². The lowest BCUT2D eigenvalue weighted by Gasteiger charge is -2.07. The van der Waals surface area contributed by atoms with E-state index in [9.17, 15) is 27.5 Å². The highest BCUT2D eigenvalue weighted by Crippen LogP contribution is 2.24. The molecule has 0 saturated heterocycles. The fourth-order valence-electron chi connectivity index (χ4n) is 1.95. The van der Waals surface area contributed by atoms with Gasteiger partial charge in [-0.25, -0.2) is 22.9 Å². The van der Waals surface area contributed by atoms with Crippen molar-refractivity contribution in [2.24, 2.45) is 0 Å². The molecule has 0 aliphatic carbocycles. The van der Waals surface area contributed by atoms with Crippen LogP contribution in [0.5, 0.6) is 5.75 Å². The summed E-state index contributed by atoms with van der Waals surface area (Å²) in [6.45, 7) is -0.732. The average Bonchev–Trinajstić information content (AvgIpc) is 2.53. The average molecular weight is 361 g/mol. The van der Waals surface area contributed by atoms with E-state index in [2.05, 4.69) is 5.32 Å². The summed E-state index contributed by atoms with van der Waals surface area (Å²) in [5, 5.41) is 12.9. The van der Waals surface area contributed by atoms with Gasteiger partial charge in [-0.15, -0.1) is 0 Å². The first-order valence-corrected chi connectivity index (χ1v) is 7.17. The van der Waals surface area contributed by atoms with Crippen LogP contribution in [0.25, 0.3) is 0 Å². The Bertz CT molecular complexity index is 783. The molecule has 0 aliphatic rings. The molecule has 0 aliphatic heterocycles. The molecular weight excluding hydrogens is 350 g/mol. The number of hydrogen-bond acceptors (Lipinski definition) is 2. The Balaban J connectivity index is 1.94. The summed E-state index contributed by atoms with van der Waals surface area (Å²) in [6.07, 6.45) is 0.166. The molecule has 2 rings (SSSR count). The van der Waals surface area contributed by atoms with Crippen molar-refractivity contribution in [1.82, 2.24) is 5.32 Å². The lowest BCUT2D eigenvalue weighted by molar-refractivity contribution is -0.121. The number of amides is 1. The molecule has 1 N–H and O–H groups in total. The number of halogens is 5. The number of nitrogens with zero attached hydrogens (tertiary/aromatic N) is 1. The molecule has 8 heteroatoms. The summed E-state index contributed by atoms with van der Waals surface area (Å²) >= 11 is 5.72. The van der Waals surface area contributed by atoms with Crippen LogP contribution in [0, 0.1) is 23.3 Å². The molecule has 0 atom stereocenters. The van der Waals surface area contributed by atoms with Crippen LogP contribution in [0.4, 0.5) is 17.6 Å². The van der Waals surface area contributed by atoms with Gasteiger partial charge in [-0.2, -0.15) is 0 Å². The van der Waals surface area contributed by atoms with Crippen molar-refractivity contribution in [2.75, 3.05) is 0 Å². The summed E-state index contributed by atoms with van der Waals surface area (Å²) in [4.78, 5) is 11.7. The van der Waals surface area contributed by atoms with E-state index in [-0.39, 0.29) is 29.7 Å². The summed E-state index contributed by atoms with van der Waals surface area (Å²) in [7, 11) is 0. The van der Waals surface area contributed by atoms with E-state index in [1.165, 1.54) is 12.1 Å². The smallest absolute Gasteiger partial charge is 0.241 e. The normalized spacial score (nSPS) is 10.7. The number of aryl methyl sites for hydroxylation is 1. The summed E-state index contributed by atoms with van der Waals surface area (Å²) in [5.41, 5.74) is -0.151. The molecular formula is C16H11ClF4NO2. The van der Waals surface area contributed by atoms with E-state index in [1.54, 1.807) is 6.07 Å². The van der Waals surface area contributed by atoms with Gasteiger partial charge >= 0.3 is 0 Å². The number of carbonyl (C=O) groups is 1. The van der Waals surface area contributed by atoms with E-state index >= 15 is 0 Å². The summed E-state index contributed by atoms with van der Waals surface area (Å²) < 4.78 is 52.7. The first-order chi connectivity index (χ1) is 11.3. The maximum Gasteiger partial charge on any atom is 0.241 e. The van der Waals surface area contributed by atoms with Crippen LogP contribution in [0.3, 0.4) is 0 Å². The molecule has 2 aromatic carbocycles. The number of carbonyl (C=O) groups excluding carboxylic acids is 1. The third-order valence-corrected chi connectivity index (χ3v) is 3.56. The van der Waals surface area contributed by atoms with Gasteiger partial charge in [-0.3, -0.25) is 4.79 Å². The van der Waals surface area contributed by atoms with Crippen molar-refractivity contribution in [3.8, 4) is 5.75 Å². The maximum atomic E-state index is 13.4. The lowest BCUT2D eigenvalue weighted by Crippen LogP contribution is -2.18. The zero-order chi connectivity index (χ0) is 17.9. The minimum Gasteiger partial charge on any atom is -0.506 e. The Kier molecular flexibility index (Phi) is 5.66. The van der Waals surface area contributed by atoms with Gasteiger partial charge in [0, 0.05) is 18.1 Å². The molecule has 3 nitrogen and oxygen atoms in total. The Morgan fingerprint density at radius 3 is 2.46 bits per heavy atom. The number of rotatable bonds is 5. The number of benzene rings is 2. The second kappa shape index (κ2) is 7.53. The monoisotopic (exact) mass is 360 g/mol. The Morgan fingerprint density at radius 2 is 1.79 bits per heavy atom. The predicted octanol–water partition coefficient (Wildman–Crippen LogP) is 3.87. The van der Waals surface area contributed by atoms with Gasteiger partial charge in [0.15, 0.2) is 17.5 Å². The van der Waals surface area contributed by atoms with Gasteiger partial charge in [-0.05, 0) is 24.1 Å². The molecule has 0 fully saturated rings. The first kappa shape index (κ1) is 18.1. The summed E-state index contributed by atoms with van der Waals surface area (Å²) in [6, 6.07) is 4.60. The highest BCUT2D eigenvalue weighted by molar-refractivity contribution is 6.32. The fraction of sp³-hybridized carbons (Fsp3) is 0.188. The van der Waals surface area contributed by atoms with Crippen LogP contribution in [-0.2, 0) is 17.8 Å². The predicted molar refractivity (Wildman–Crippen MR) is 78.6 cm³/mol. The number of hydrogen-bond donors (Lipinski definition) is 1. The second-order valence-electron chi connectivity index (χ2n) is 4.94. The molecule has 1 radical (unpaired) electrons. The zero-order valence-electron chi connectivity index (χ0n) is 12.1. The third-order valence-electron chi connectivity index (χ3n) is 3.26. The molecule has 1 amide bonds. The molecule has 24 heavy (non-hydrogen) atoms. The van der Waals surface area contributed by atoms with Crippen molar-refractivity contribution in [3.05, 3.63) is 63.7 Å². The van der Waals surface area contributed by atoms with Gasteiger partial charge in [0.25, 0.3) is 0 Å². The van der Waals surface area contributed by atoms with Crippen molar-refractivity contribution in [2.45, 2.75) is 19.4 Å². The van der Waals surface area contributed by atoms with Gasteiger partial charge in [0.2, 0.25) is 5.91 Å². The minimum atomic E-state index is -1.81. The van der Waals surface area contributed by atoms with Crippen molar-refractivity contribution >= 4 is 17.5 Å². The van der Waals surface area contributed by atoms with Crippen molar-refractivity contribution < 1.29 is 27.5 Å². The quantitative estimate of drug-likeness (QED) is 0.500. The van der Waals surface area contributed by atoms with Crippen LogP contribution in [0.15, 0.2) is 24.3 Å². The SMILES string of the molecule is O=C(CCc1ccc(O)c(Cl)c1)[N]Cc1c(F)cc(F)c(F)c1F. The molecule has 0 bridgehead atoms. The zero-order valence-corrected chi connectivity index (χ0v) is 12.9. The van der Waals surface area contributed by atoms with Gasteiger partial charge in [0.05, 0.1) is 11.6 Å². The van der Waals surface area contributed by atoms with Crippen LogP contribution in [0.1, 0.15) is 17.5 Å². The van der Waals surface area contributed by atoms with Crippen LogP contribution < -0.4 is 5.32 Å². The summed E-state index contributed by atoms with van der Waals surface area (Å²) in [5.74, 6) is -7.23. The van der Waals surface area contributed by atoms with Gasteiger partial charge < -0.3 is 5.11 Å². The topological polar surface area (TPSA) is 51.4 Å². The Hall–Kier alpha value is -2.28. The van der Waals surface area contributed by atoms with Crippen LogP contribution in [-0.4, -0.2) is 11.0 Å². The molecule has 0 aromatic heterocycles.